The average Bonchev–Trinajstić information content (AvgIpc) is 2.15. The van der Waals surface area contributed by atoms with Gasteiger partial charge in [0.05, 0.1) is 6.73 Å². The third-order valence-electron chi connectivity index (χ3n) is 1.54. The van der Waals surface area contributed by atoms with Crippen LogP contribution >= 0.6 is 0 Å². The molecule has 0 aliphatic rings. The smallest absolute Gasteiger partial charge is 0.334 e. The molecule has 0 atom stereocenters. The molecule has 0 rings (SSSR count). The lowest BCUT2D eigenvalue weighted by Crippen LogP contribution is -2.54. The van der Waals surface area contributed by atoms with Crippen LogP contribution in [0, 0.1) is 0 Å². The van der Waals surface area contributed by atoms with Crippen molar-refractivity contribution in [1.82, 2.24) is 14.8 Å². The van der Waals surface area contributed by atoms with Crippen LogP contribution in [0.3, 0.4) is 0 Å². The second-order valence-electron chi connectivity index (χ2n) is 2.86. The third kappa shape index (κ3) is 5.25. The molecule has 0 saturated carbocycles. The molecule has 0 aromatic rings. The van der Waals surface area contributed by atoms with E-state index in [1.165, 1.54) is 7.11 Å². The van der Waals surface area contributed by atoms with Gasteiger partial charge in [0.25, 0.3) is 0 Å². The highest BCUT2D eigenvalue weighted by molar-refractivity contribution is 6.42. The molecule has 0 aliphatic carbocycles. The van der Waals surface area contributed by atoms with Gasteiger partial charge in [0.2, 0.25) is 0 Å². The summed E-state index contributed by atoms with van der Waals surface area (Å²) in [5.74, 6) is 0. The van der Waals surface area contributed by atoms with E-state index in [-0.39, 0.29) is 15.1 Å². The largest absolute Gasteiger partial charge is 0.370 e. The number of nitrogens with two attached hydrogens (primary N) is 2. The molecule has 0 heterocycles. The Kier molecular flexibility index (Phi) is 6.50. The number of carbonyl (C=O) groups excluding carboxylic acids is 2. The van der Waals surface area contributed by atoms with Crippen LogP contribution in [0.1, 0.15) is 0 Å². The Morgan fingerprint density at radius 1 is 1.53 bits per heavy atom. The van der Waals surface area contributed by atoms with E-state index in [9.17, 15) is 9.59 Å². The van der Waals surface area contributed by atoms with Gasteiger partial charge in [-0.15, -0.1) is 0 Å². The minimum Gasteiger partial charge on any atom is -0.370 e. The standard InChI is InChI=1S/C5H15B2N5O3/c1-11(3-15-2)7-10-5(14)12(6-9)4(8)13/h6-7H,3,9H2,1-2H3,(H2,8,13)(H,10,14). The summed E-state index contributed by atoms with van der Waals surface area (Å²) in [4.78, 5) is 24.4. The van der Waals surface area contributed by atoms with Crippen molar-refractivity contribution in [3.63, 3.8) is 0 Å². The number of amides is 4. The second-order valence-corrected chi connectivity index (χ2v) is 2.86. The Bertz CT molecular complexity index is 229. The Morgan fingerprint density at radius 3 is 2.53 bits per heavy atom. The maximum absolute atomic E-state index is 11.3. The first-order chi connectivity index (χ1) is 7.02. The van der Waals surface area contributed by atoms with Crippen LogP contribution in [0.2, 0.25) is 0 Å². The summed E-state index contributed by atoms with van der Waals surface area (Å²) in [5, 5.41) is 2.45. The number of hydrogen-bond donors (Lipinski definition) is 3. The average molecular weight is 215 g/mol. The maximum atomic E-state index is 11.3. The molecule has 84 valence electrons. The molecule has 0 aliphatic heterocycles. The summed E-state index contributed by atoms with van der Waals surface area (Å²) in [6, 6.07) is -1.52. The molecular formula is C5H15B2N5O3. The van der Waals surface area contributed by atoms with Crippen LogP contribution in [0.25, 0.3) is 0 Å². The molecule has 5 N–H and O–H groups in total. The molecule has 4 amide bonds. The zero-order valence-corrected chi connectivity index (χ0v) is 8.90. The fourth-order valence-electron chi connectivity index (χ4n) is 0.837. The Hall–Kier alpha value is -1.25. The second kappa shape index (κ2) is 7.10. The van der Waals surface area contributed by atoms with E-state index >= 15 is 0 Å². The van der Waals surface area contributed by atoms with Gasteiger partial charge in [0.1, 0.15) is 0 Å². The fraction of sp³-hybridized carbons (Fsp3) is 0.600. The lowest BCUT2D eigenvalue weighted by Gasteiger charge is -2.19. The molecule has 10 heteroatoms. The van der Waals surface area contributed by atoms with Gasteiger partial charge in [-0.05, 0) is 7.05 Å². The number of urea groups is 2. The van der Waals surface area contributed by atoms with Crippen LogP contribution in [0.4, 0.5) is 9.59 Å². The van der Waals surface area contributed by atoms with Crippen LogP contribution in [0.15, 0.2) is 0 Å². The van der Waals surface area contributed by atoms with E-state index in [0.29, 0.717) is 11.5 Å². The first kappa shape index (κ1) is 13.7. The molecular weight excluding hydrogens is 200 g/mol. The van der Waals surface area contributed by atoms with Gasteiger partial charge in [-0.1, -0.05) is 0 Å². The van der Waals surface area contributed by atoms with Gasteiger partial charge in [0, 0.05) is 7.11 Å². The zero-order valence-electron chi connectivity index (χ0n) is 8.90. The van der Waals surface area contributed by atoms with E-state index < -0.39 is 12.1 Å². The third-order valence-corrected chi connectivity index (χ3v) is 1.54. The molecule has 0 aromatic carbocycles. The number of imide groups is 1. The Balaban J connectivity index is 3.96. The van der Waals surface area contributed by atoms with Crippen LogP contribution in [-0.4, -0.2) is 57.7 Å². The highest BCUT2D eigenvalue weighted by atomic mass is 16.5. The topological polar surface area (TPSA) is 114 Å². The minimum absolute atomic E-state index is 0.233. The number of nitrogens with zero attached hydrogens (tertiary/aromatic N) is 2. The highest BCUT2D eigenvalue weighted by Crippen LogP contribution is 1.84. The number of carbonyl (C=O) groups is 2. The van der Waals surface area contributed by atoms with Crippen LogP contribution in [0.5, 0.6) is 0 Å². The van der Waals surface area contributed by atoms with E-state index in [1.807, 2.05) is 0 Å². The first-order valence-corrected chi connectivity index (χ1v) is 4.25. The van der Waals surface area contributed by atoms with E-state index in [2.05, 4.69) is 5.23 Å². The summed E-state index contributed by atoms with van der Waals surface area (Å²) in [6.45, 7) is 0.361. The van der Waals surface area contributed by atoms with Gasteiger partial charge in [-0.3, -0.25) is 9.61 Å². The van der Waals surface area contributed by atoms with Crippen molar-refractivity contribution in [1.29, 1.82) is 0 Å². The molecule has 0 bridgehead atoms. The van der Waals surface area contributed by atoms with Crippen LogP contribution in [-0.2, 0) is 4.74 Å². The van der Waals surface area contributed by atoms with Crippen molar-refractivity contribution < 1.29 is 14.3 Å². The van der Waals surface area contributed by atoms with Crippen molar-refractivity contribution in [3.05, 3.63) is 0 Å². The van der Waals surface area contributed by atoms with Crippen molar-refractivity contribution in [2.24, 2.45) is 11.4 Å². The normalized spacial score (nSPS) is 9.60. The van der Waals surface area contributed by atoms with E-state index in [0.717, 1.165) is 0 Å². The number of hydrogen-bond acceptors (Lipinski definition) is 5. The first-order valence-electron chi connectivity index (χ1n) is 4.25. The molecule has 0 fully saturated rings. The van der Waals surface area contributed by atoms with Crippen molar-refractivity contribution in [2.75, 3.05) is 20.9 Å². The molecule has 0 spiro atoms. The fourth-order valence-corrected chi connectivity index (χ4v) is 0.837. The molecule has 0 unspecified atom stereocenters. The minimum atomic E-state index is -0.885. The maximum Gasteiger partial charge on any atom is 0.334 e. The van der Waals surface area contributed by atoms with Gasteiger partial charge >= 0.3 is 27.2 Å². The van der Waals surface area contributed by atoms with Gasteiger partial charge < -0.3 is 26.2 Å². The summed E-state index contributed by atoms with van der Waals surface area (Å²) < 4.78 is 4.81. The summed E-state index contributed by atoms with van der Waals surface area (Å²) in [7, 11) is 3.25. The van der Waals surface area contributed by atoms with E-state index in [1.54, 1.807) is 11.9 Å². The number of nitrogens with one attached hydrogen (secondary N) is 1. The molecule has 0 aromatic heterocycles. The lowest BCUT2D eigenvalue weighted by atomic mass is 10.1. The summed E-state index contributed by atoms with van der Waals surface area (Å²) >= 11 is 0. The van der Waals surface area contributed by atoms with Crippen molar-refractivity contribution in [3.8, 4) is 0 Å². The van der Waals surface area contributed by atoms with Crippen molar-refractivity contribution in [2.45, 2.75) is 0 Å². The lowest BCUT2D eigenvalue weighted by molar-refractivity contribution is 0.129. The summed E-state index contributed by atoms with van der Waals surface area (Å²) in [6.07, 6.45) is 0. The van der Waals surface area contributed by atoms with Crippen LogP contribution < -0.4 is 16.6 Å². The molecule has 15 heavy (non-hydrogen) atoms. The number of primary amides is 1. The number of methoxy groups -OCH3 is 1. The quantitative estimate of drug-likeness (QED) is 0.336. The molecule has 8 nitrogen and oxygen atoms in total. The highest BCUT2D eigenvalue weighted by Gasteiger charge is 2.17. The summed E-state index contributed by atoms with van der Waals surface area (Å²) in [5.41, 5.74) is 10.1. The molecule has 0 saturated heterocycles. The van der Waals surface area contributed by atoms with Crippen molar-refractivity contribution >= 4 is 27.2 Å². The monoisotopic (exact) mass is 215 g/mol. The predicted octanol–water partition coefficient (Wildman–Crippen LogP) is -2.90. The van der Waals surface area contributed by atoms with Gasteiger partial charge in [-0.25, -0.2) is 4.79 Å². The predicted molar refractivity (Wildman–Crippen MR) is 58.1 cm³/mol. The SMILES string of the molecule is COCN(C)BNC(=O)N(BN)C(N)=O. The number of ether oxygens (including phenoxy) is 1. The van der Waals surface area contributed by atoms with Gasteiger partial charge in [0.15, 0.2) is 0 Å². The Labute approximate surface area is 89.5 Å². The van der Waals surface area contributed by atoms with E-state index in [4.69, 9.17) is 16.1 Å². The molecule has 0 radical (unpaired) electrons. The zero-order chi connectivity index (χ0) is 11.8. The van der Waals surface area contributed by atoms with Gasteiger partial charge in [-0.2, -0.15) is 0 Å². The number of rotatable bonds is 5. The Morgan fingerprint density at radius 2 is 2.13 bits per heavy atom.